The monoisotopic (exact) mass is 378 g/mol. The minimum absolute atomic E-state index is 0.0632. The average Bonchev–Trinajstić information content (AvgIpc) is 2.91. The van der Waals surface area contributed by atoms with E-state index in [4.69, 9.17) is 4.74 Å². The second kappa shape index (κ2) is 7.84. The van der Waals surface area contributed by atoms with E-state index in [0.717, 1.165) is 30.3 Å². The molecule has 28 heavy (non-hydrogen) atoms. The molecule has 1 atom stereocenters. The first-order valence-corrected chi connectivity index (χ1v) is 9.55. The van der Waals surface area contributed by atoms with Gasteiger partial charge in [-0.25, -0.2) is 0 Å². The second-order valence-corrected chi connectivity index (χ2v) is 7.15. The van der Waals surface area contributed by atoms with Gasteiger partial charge in [0.05, 0.1) is 0 Å². The number of aldehydes is 1. The number of hydrogen-bond acceptors (Lipinski definition) is 4. The van der Waals surface area contributed by atoms with Gasteiger partial charge in [-0.2, -0.15) is 0 Å². The van der Waals surface area contributed by atoms with Crippen molar-refractivity contribution >= 4 is 18.1 Å². The van der Waals surface area contributed by atoms with Gasteiger partial charge in [0.1, 0.15) is 24.7 Å². The van der Waals surface area contributed by atoms with Gasteiger partial charge in [0.25, 0.3) is 5.91 Å². The first-order valence-electron chi connectivity index (χ1n) is 9.55. The van der Waals surface area contributed by atoms with Crippen LogP contribution in [0.3, 0.4) is 0 Å². The lowest BCUT2D eigenvalue weighted by Crippen LogP contribution is -2.45. The zero-order valence-electron chi connectivity index (χ0n) is 15.5. The van der Waals surface area contributed by atoms with Gasteiger partial charge in [0.2, 0.25) is 5.91 Å². The standard InChI is InChI=1S/C22H22N2O4/c25-13-15-7-9-17(10-8-15)28-14-16-4-3-5-18-19(16)12-24(22(18)27)20-6-1-2-11-23-21(20)26/h3-5,7-10,13,20H,1-2,6,11-12,14H2,(H,23,26). The van der Waals surface area contributed by atoms with Crippen LogP contribution in [0, 0.1) is 0 Å². The highest BCUT2D eigenvalue weighted by atomic mass is 16.5. The summed E-state index contributed by atoms with van der Waals surface area (Å²) in [5.41, 5.74) is 3.10. The van der Waals surface area contributed by atoms with E-state index in [1.165, 1.54) is 0 Å². The summed E-state index contributed by atoms with van der Waals surface area (Å²) in [6.07, 6.45) is 3.35. The fourth-order valence-electron chi connectivity index (χ4n) is 3.83. The van der Waals surface area contributed by atoms with Gasteiger partial charge in [-0.05, 0) is 60.7 Å². The van der Waals surface area contributed by atoms with Gasteiger partial charge in [0, 0.05) is 24.2 Å². The molecule has 0 bridgehead atoms. The summed E-state index contributed by atoms with van der Waals surface area (Å²) < 4.78 is 5.85. The number of hydrogen-bond donors (Lipinski definition) is 1. The van der Waals surface area contributed by atoms with Gasteiger partial charge in [-0.15, -0.1) is 0 Å². The molecule has 6 heteroatoms. The Morgan fingerprint density at radius 2 is 1.93 bits per heavy atom. The van der Waals surface area contributed by atoms with Crippen molar-refractivity contribution < 1.29 is 19.1 Å². The Morgan fingerprint density at radius 1 is 1.11 bits per heavy atom. The number of amides is 2. The number of fused-ring (bicyclic) bond motifs is 1. The Morgan fingerprint density at radius 3 is 2.71 bits per heavy atom. The molecule has 1 saturated heterocycles. The van der Waals surface area contributed by atoms with Crippen molar-refractivity contribution in [3.63, 3.8) is 0 Å². The molecule has 0 aromatic heterocycles. The molecule has 0 aliphatic carbocycles. The molecular weight excluding hydrogens is 356 g/mol. The SMILES string of the molecule is O=Cc1ccc(OCc2cccc3c2CN(C2CCCCNC2=O)C3=O)cc1. The number of benzene rings is 2. The van der Waals surface area contributed by atoms with Crippen LogP contribution in [-0.2, 0) is 17.9 Å². The van der Waals surface area contributed by atoms with E-state index >= 15 is 0 Å². The van der Waals surface area contributed by atoms with Crippen LogP contribution in [0.4, 0.5) is 0 Å². The van der Waals surface area contributed by atoms with E-state index in [9.17, 15) is 14.4 Å². The van der Waals surface area contributed by atoms with Crippen LogP contribution >= 0.6 is 0 Å². The molecule has 1 N–H and O–H groups in total. The van der Waals surface area contributed by atoms with Gasteiger partial charge in [-0.3, -0.25) is 14.4 Å². The zero-order valence-corrected chi connectivity index (χ0v) is 15.5. The molecule has 2 heterocycles. The largest absolute Gasteiger partial charge is 0.489 e. The van der Waals surface area contributed by atoms with Crippen molar-refractivity contribution in [1.29, 1.82) is 0 Å². The summed E-state index contributed by atoms with van der Waals surface area (Å²) >= 11 is 0. The van der Waals surface area contributed by atoms with Crippen LogP contribution in [0.5, 0.6) is 5.75 Å². The molecule has 2 aromatic carbocycles. The third-order valence-electron chi connectivity index (χ3n) is 5.39. The Kier molecular flexibility index (Phi) is 5.10. The summed E-state index contributed by atoms with van der Waals surface area (Å²) in [6, 6.07) is 12.1. The molecule has 4 rings (SSSR count). The van der Waals surface area contributed by atoms with Crippen LogP contribution in [0.1, 0.15) is 51.1 Å². The van der Waals surface area contributed by atoms with Crippen LogP contribution in [0.25, 0.3) is 0 Å². The predicted molar refractivity (Wildman–Crippen MR) is 103 cm³/mol. The van der Waals surface area contributed by atoms with Crippen molar-refractivity contribution in [3.8, 4) is 5.75 Å². The number of ether oxygens (including phenoxy) is 1. The summed E-state index contributed by atoms with van der Waals surface area (Å²) in [5.74, 6) is 0.508. The Balaban J connectivity index is 1.52. The lowest BCUT2D eigenvalue weighted by atomic mass is 10.0. The molecule has 0 saturated carbocycles. The molecule has 2 aromatic rings. The number of nitrogens with one attached hydrogen (secondary N) is 1. The minimum atomic E-state index is -0.410. The van der Waals surface area contributed by atoms with Gasteiger partial charge >= 0.3 is 0 Å². The number of nitrogens with zero attached hydrogens (tertiary/aromatic N) is 1. The Hall–Kier alpha value is -3.15. The lowest BCUT2D eigenvalue weighted by Gasteiger charge is -2.25. The Labute approximate surface area is 163 Å². The van der Waals surface area contributed by atoms with Crippen molar-refractivity contribution in [2.75, 3.05) is 6.54 Å². The van der Waals surface area contributed by atoms with Crippen LogP contribution < -0.4 is 10.1 Å². The summed E-state index contributed by atoms with van der Waals surface area (Å²) in [4.78, 5) is 37.8. The first kappa shape index (κ1) is 18.2. The van der Waals surface area contributed by atoms with Gasteiger partial charge in [0.15, 0.2) is 0 Å². The molecule has 0 spiro atoms. The molecule has 2 amide bonds. The zero-order chi connectivity index (χ0) is 19.5. The highest BCUT2D eigenvalue weighted by molar-refractivity contribution is 6.01. The average molecular weight is 378 g/mol. The second-order valence-electron chi connectivity index (χ2n) is 7.15. The maximum atomic E-state index is 12.9. The fourth-order valence-corrected chi connectivity index (χ4v) is 3.83. The van der Waals surface area contributed by atoms with Crippen molar-refractivity contribution in [2.45, 2.75) is 38.5 Å². The molecule has 1 unspecified atom stereocenters. The van der Waals surface area contributed by atoms with Gasteiger partial charge in [-0.1, -0.05) is 12.1 Å². The van der Waals surface area contributed by atoms with E-state index < -0.39 is 6.04 Å². The van der Waals surface area contributed by atoms with Crippen LogP contribution in [0.2, 0.25) is 0 Å². The third kappa shape index (κ3) is 3.50. The molecule has 1 fully saturated rings. The Bertz CT molecular complexity index is 907. The summed E-state index contributed by atoms with van der Waals surface area (Å²) in [5, 5.41) is 2.91. The molecule has 2 aliphatic heterocycles. The highest BCUT2D eigenvalue weighted by Gasteiger charge is 2.37. The smallest absolute Gasteiger partial charge is 0.255 e. The summed E-state index contributed by atoms with van der Waals surface area (Å²) in [6.45, 7) is 1.42. The van der Waals surface area contributed by atoms with E-state index in [2.05, 4.69) is 5.32 Å². The van der Waals surface area contributed by atoms with Gasteiger partial charge < -0.3 is 15.0 Å². The quantitative estimate of drug-likeness (QED) is 0.812. The fraction of sp³-hybridized carbons (Fsp3) is 0.318. The molecule has 2 aliphatic rings. The van der Waals surface area contributed by atoms with Crippen LogP contribution in [-0.4, -0.2) is 35.6 Å². The maximum Gasteiger partial charge on any atom is 0.255 e. The van der Waals surface area contributed by atoms with Crippen molar-refractivity contribution in [2.24, 2.45) is 0 Å². The molecule has 6 nitrogen and oxygen atoms in total. The first-order chi connectivity index (χ1) is 13.7. The van der Waals surface area contributed by atoms with Crippen molar-refractivity contribution in [3.05, 3.63) is 64.7 Å². The van der Waals surface area contributed by atoms with E-state index in [1.54, 1.807) is 29.2 Å². The highest BCUT2D eigenvalue weighted by Crippen LogP contribution is 2.30. The van der Waals surface area contributed by atoms with Crippen LogP contribution in [0.15, 0.2) is 42.5 Å². The maximum absolute atomic E-state index is 12.9. The van der Waals surface area contributed by atoms with E-state index in [0.29, 0.717) is 43.0 Å². The molecule has 0 radical (unpaired) electrons. The normalized spacial score (nSPS) is 19.0. The lowest BCUT2D eigenvalue weighted by molar-refractivity contribution is -0.125. The third-order valence-corrected chi connectivity index (χ3v) is 5.39. The number of carbonyl (C=O) groups excluding carboxylic acids is 3. The molecule has 144 valence electrons. The minimum Gasteiger partial charge on any atom is -0.489 e. The molecular formula is C22H22N2O4. The predicted octanol–water partition coefficient (Wildman–Crippen LogP) is 2.70. The van der Waals surface area contributed by atoms with E-state index in [-0.39, 0.29) is 11.8 Å². The summed E-state index contributed by atoms with van der Waals surface area (Å²) in [7, 11) is 0. The number of rotatable bonds is 5. The van der Waals surface area contributed by atoms with E-state index in [1.807, 2.05) is 18.2 Å². The topological polar surface area (TPSA) is 75.7 Å². The van der Waals surface area contributed by atoms with Crippen molar-refractivity contribution in [1.82, 2.24) is 10.2 Å². The number of carbonyl (C=O) groups is 3.